The molecule has 0 aromatic carbocycles. The molecule has 0 aliphatic heterocycles. The quantitative estimate of drug-likeness (QED) is 0.404. The van der Waals surface area contributed by atoms with E-state index in [1.807, 2.05) is 13.8 Å². The van der Waals surface area contributed by atoms with Crippen LogP contribution in [0.3, 0.4) is 0 Å². The second kappa shape index (κ2) is 12.9. The molecule has 0 fully saturated rings. The lowest BCUT2D eigenvalue weighted by molar-refractivity contribution is -0.165. The van der Waals surface area contributed by atoms with E-state index in [0.29, 0.717) is 6.42 Å². The van der Waals surface area contributed by atoms with Crippen LogP contribution in [0, 0.1) is 0 Å². The van der Waals surface area contributed by atoms with E-state index in [9.17, 15) is 14.4 Å². The van der Waals surface area contributed by atoms with E-state index >= 15 is 0 Å². The van der Waals surface area contributed by atoms with Crippen molar-refractivity contribution >= 4 is 17.9 Å². The Kier molecular flexibility index (Phi) is 12.0. The van der Waals surface area contributed by atoms with Gasteiger partial charge in [-0.3, -0.25) is 14.4 Å². The van der Waals surface area contributed by atoms with Crippen molar-refractivity contribution in [2.75, 3.05) is 6.61 Å². The molecule has 0 saturated carbocycles. The monoisotopic (exact) mass is 330 g/mol. The Hall–Kier alpha value is -1.59. The Balaban J connectivity index is 4.44. The van der Waals surface area contributed by atoms with Gasteiger partial charge in [0.2, 0.25) is 0 Å². The molecule has 0 saturated heterocycles. The van der Waals surface area contributed by atoms with Crippen LogP contribution in [0.4, 0.5) is 0 Å². The van der Waals surface area contributed by atoms with Gasteiger partial charge < -0.3 is 14.2 Å². The van der Waals surface area contributed by atoms with Crippen molar-refractivity contribution in [1.29, 1.82) is 0 Å². The third-order valence-electron chi connectivity index (χ3n) is 2.96. The van der Waals surface area contributed by atoms with Crippen molar-refractivity contribution in [3.63, 3.8) is 0 Å². The molecule has 6 heteroatoms. The summed E-state index contributed by atoms with van der Waals surface area (Å²) in [5, 5.41) is 0. The summed E-state index contributed by atoms with van der Waals surface area (Å²) in [4.78, 5) is 35.0. The van der Waals surface area contributed by atoms with Crippen LogP contribution in [-0.4, -0.2) is 36.7 Å². The summed E-state index contributed by atoms with van der Waals surface area (Å²) in [6.45, 7) is 7.32. The van der Waals surface area contributed by atoms with E-state index in [2.05, 4.69) is 0 Å². The lowest BCUT2D eigenvalue weighted by Gasteiger charge is -2.18. The lowest BCUT2D eigenvalue weighted by Crippen LogP contribution is -2.29. The van der Waals surface area contributed by atoms with Crippen molar-refractivity contribution in [2.45, 2.75) is 84.8 Å². The fourth-order valence-electron chi connectivity index (χ4n) is 1.78. The van der Waals surface area contributed by atoms with Gasteiger partial charge in [-0.05, 0) is 26.7 Å². The number of hydrogen-bond donors (Lipinski definition) is 0. The molecule has 0 aliphatic rings. The van der Waals surface area contributed by atoms with Gasteiger partial charge in [-0.25, -0.2) is 0 Å². The van der Waals surface area contributed by atoms with Gasteiger partial charge in [0, 0.05) is 12.8 Å². The second-order valence-corrected chi connectivity index (χ2v) is 5.74. The van der Waals surface area contributed by atoms with Crippen molar-refractivity contribution < 1.29 is 28.6 Å². The van der Waals surface area contributed by atoms with Gasteiger partial charge >= 0.3 is 17.9 Å². The van der Waals surface area contributed by atoms with Crippen molar-refractivity contribution in [1.82, 2.24) is 0 Å². The molecule has 1 unspecified atom stereocenters. The summed E-state index contributed by atoms with van der Waals surface area (Å²) in [5.74, 6) is -1.21. The highest BCUT2D eigenvalue weighted by molar-refractivity contribution is 5.73. The summed E-state index contributed by atoms with van der Waals surface area (Å²) in [6, 6.07) is 0. The molecule has 0 radical (unpaired) electrons. The molecule has 0 N–H and O–H groups in total. The summed E-state index contributed by atoms with van der Waals surface area (Å²) in [6.07, 6.45) is 2.69. The second-order valence-electron chi connectivity index (χ2n) is 5.74. The Bertz CT molecular complexity index is 364. The Morgan fingerprint density at radius 3 is 1.91 bits per heavy atom. The standard InChI is InChI=1S/C17H30O6/c1-5-7-9-15(18)21-12-14(11-17(20)22-13(3)4)23-16(19)10-8-6-2/h13-14H,5-12H2,1-4H3. The number of hydrogen-bond acceptors (Lipinski definition) is 6. The third kappa shape index (κ3) is 12.6. The average Bonchev–Trinajstić information content (AvgIpc) is 2.47. The third-order valence-corrected chi connectivity index (χ3v) is 2.96. The average molecular weight is 330 g/mol. The highest BCUT2D eigenvalue weighted by Gasteiger charge is 2.21. The molecule has 134 valence electrons. The van der Waals surface area contributed by atoms with Gasteiger partial charge in [-0.15, -0.1) is 0 Å². The summed E-state index contributed by atoms with van der Waals surface area (Å²) < 4.78 is 15.4. The zero-order valence-corrected chi connectivity index (χ0v) is 14.8. The minimum atomic E-state index is -0.795. The van der Waals surface area contributed by atoms with Gasteiger partial charge in [-0.1, -0.05) is 26.7 Å². The maximum atomic E-state index is 11.7. The van der Waals surface area contributed by atoms with Crippen molar-refractivity contribution in [2.24, 2.45) is 0 Å². The first kappa shape index (κ1) is 21.4. The molecular weight excluding hydrogens is 300 g/mol. The smallest absolute Gasteiger partial charge is 0.309 e. The van der Waals surface area contributed by atoms with Crippen LogP contribution in [0.15, 0.2) is 0 Å². The molecule has 0 bridgehead atoms. The van der Waals surface area contributed by atoms with E-state index in [1.54, 1.807) is 13.8 Å². The number of esters is 3. The van der Waals surface area contributed by atoms with E-state index in [-0.39, 0.29) is 37.5 Å². The topological polar surface area (TPSA) is 78.9 Å². The molecule has 0 heterocycles. The first-order valence-electron chi connectivity index (χ1n) is 8.43. The van der Waals surface area contributed by atoms with Gasteiger partial charge in [-0.2, -0.15) is 0 Å². The maximum absolute atomic E-state index is 11.7. The van der Waals surface area contributed by atoms with Gasteiger partial charge in [0.15, 0.2) is 0 Å². The number of carbonyl (C=O) groups is 3. The summed E-state index contributed by atoms with van der Waals surface area (Å²) in [7, 11) is 0. The summed E-state index contributed by atoms with van der Waals surface area (Å²) in [5.41, 5.74) is 0. The van der Waals surface area contributed by atoms with Crippen LogP contribution < -0.4 is 0 Å². The molecule has 0 aliphatic carbocycles. The van der Waals surface area contributed by atoms with Crippen LogP contribution in [-0.2, 0) is 28.6 Å². The highest BCUT2D eigenvalue weighted by Crippen LogP contribution is 2.08. The first-order chi connectivity index (χ1) is 10.9. The van der Waals surface area contributed by atoms with Crippen molar-refractivity contribution in [3.05, 3.63) is 0 Å². The lowest BCUT2D eigenvalue weighted by atomic mass is 10.2. The van der Waals surface area contributed by atoms with E-state index in [4.69, 9.17) is 14.2 Å². The van der Waals surface area contributed by atoms with Crippen LogP contribution in [0.2, 0.25) is 0 Å². The number of rotatable bonds is 12. The van der Waals surface area contributed by atoms with E-state index in [1.165, 1.54) is 0 Å². The largest absolute Gasteiger partial charge is 0.463 e. The molecule has 1 atom stereocenters. The highest BCUT2D eigenvalue weighted by atomic mass is 16.6. The predicted octanol–water partition coefficient (Wildman–Crippen LogP) is 3.16. The zero-order valence-electron chi connectivity index (χ0n) is 14.8. The molecule has 0 amide bonds. The molecule has 0 rings (SSSR count). The van der Waals surface area contributed by atoms with Crippen LogP contribution in [0.1, 0.15) is 72.6 Å². The molecule has 6 nitrogen and oxygen atoms in total. The number of ether oxygens (including phenoxy) is 3. The predicted molar refractivity (Wildman–Crippen MR) is 85.7 cm³/mol. The Morgan fingerprint density at radius 1 is 0.826 bits per heavy atom. The normalized spacial score (nSPS) is 11.9. The van der Waals surface area contributed by atoms with Gasteiger partial charge in [0.05, 0.1) is 12.5 Å². The number of carbonyl (C=O) groups excluding carboxylic acids is 3. The first-order valence-corrected chi connectivity index (χ1v) is 8.43. The van der Waals surface area contributed by atoms with Crippen LogP contribution in [0.5, 0.6) is 0 Å². The summed E-state index contributed by atoms with van der Waals surface area (Å²) >= 11 is 0. The minimum Gasteiger partial charge on any atom is -0.463 e. The SMILES string of the molecule is CCCCC(=O)OCC(CC(=O)OC(C)C)OC(=O)CCCC. The molecular formula is C17H30O6. The van der Waals surface area contributed by atoms with Crippen LogP contribution in [0.25, 0.3) is 0 Å². The zero-order chi connectivity index (χ0) is 17.7. The van der Waals surface area contributed by atoms with Gasteiger partial charge in [0.1, 0.15) is 12.7 Å². The van der Waals surface area contributed by atoms with E-state index < -0.39 is 12.1 Å². The van der Waals surface area contributed by atoms with Crippen LogP contribution >= 0.6 is 0 Å². The fraction of sp³-hybridized carbons (Fsp3) is 0.824. The maximum Gasteiger partial charge on any atom is 0.309 e. The Morgan fingerprint density at radius 2 is 1.39 bits per heavy atom. The van der Waals surface area contributed by atoms with Gasteiger partial charge in [0.25, 0.3) is 0 Å². The van der Waals surface area contributed by atoms with Crippen molar-refractivity contribution in [3.8, 4) is 0 Å². The molecule has 0 spiro atoms. The number of unbranched alkanes of at least 4 members (excludes halogenated alkanes) is 2. The molecule has 23 heavy (non-hydrogen) atoms. The minimum absolute atomic E-state index is 0.114. The molecule has 0 aromatic heterocycles. The Labute approximate surface area is 138 Å². The molecule has 0 aromatic rings. The van der Waals surface area contributed by atoms with E-state index in [0.717, 1.165) is 25.7 Å². The fourth-order valence-corrected chi connectivity index (χ4v) is 1.78.